The molecular formula is C29H49N7. The van der Waals surface area contributed by atoms with Gasteiger partial charge < -0.3 is 15.1 Å². The molecule has 0 radical (unpaired) electrons. The van der Waals surface area contributed by atoms with Gasteiger partial charge in [0.25, 0.3) is 0 Å². The first-order valence-corrected chi connectivity index (χ1v) is 14.1. The van der Waals surface area contributed by atoms with Crippen molar-refractivity contribution < 1.29 is 0 Å². The summed E-state index contributed by atoms with van der Waals surface area (Å²) in [6.07, 6.45) is 6.25. The second-order valence-corrected chi connectivity index (χ2v) is 10.0. The van der Waals surface area contributed by atoms with Crippen molar-refractivity contribution in [3.05, 3.63) is 60.2 Å². The highest BCUT2D eigenvalue weighted by atomic mass is 15.2. The zero-order valence-corrected chi connectivity index (χ0v) is 23.0. The van der Waals surface area contributed by atoms with Crippen LogP contribution in [0.3, 0.4) is 0 Å². The van der Waals surface area contributed by atoms with Crippen LogP contribution >= 0.6 is 0 Å². The van der Waals surface area contributed by atoms with Crippen LogP contribution in [0.25, 0.3) is 0 Å². The molecule has 1 saturated heterocycles. The van der Waals surface area contributed by atoms with E-state index in [1.54, 1.807) is 0 Å². The molecule has 2 aromatic heterocycles. The summed E-state index contributed by atoms with van der Waals surface area (Å²) < 4.78 is 0. The minimum Gasteiger partial charge on any atom is -0.314 e. The van der Waals surface area contributed by atoms with Gasteiger partial charge in [0.1, 0.15) is 0 Å². The summed E-state index contributed by atoms with van der Waals surface area (Å²) in [7, 11) is 0. The predicted molar refractivity (Wildman–Crippen MR) is 150 cm³/mol. The van der Waals surface area contributed by atoms with Gasteiger partial charge in [-0.2, -0.15) is 0 Å². The minimum absolute atomic E-state index is 0.663. The van der Waals surface area contributed by atoms with Crippen LogP contribution in [0.4, 0.5) is 0 Å². The van der Waals surface area contributed by atoms with Gasteiger partial charge in [0.15, 0.2) is 0 Å². The standard InChI is InChI=1S/C29H49N7/c1-4-27(3)36(5-2)18-10-17-33-21-23-34(25-28-11-6-8-13-31-28)19-15-30-16-20-35(24-22-33)26-29-12-7-9-14-32-29/h6-9,11-14,27,30H,4-5,10,15-26H2,1-3H3. The zero-order chi connectivity index (χ0) is 25.4. The Morgan fingerprint density at radius 2 is 1.36 bits per heavy atom. The maximum atomic E-state index is 4.58. The molecule has 0 saturated carbocycles. The van der Waals surface area contributed by atoms with Crippen LogP contribution in [0.1, 0.15) is 45.0 Å². The first-order valence-electron chi connectivity index (χ1n) is 14.1. The van der Waals surface area contributed by atoms with Gasteiger partial charge in [-0.3, -0.25) is 19.8 Å². The number of rotatable bonds is 11. The molecule has 3 rings (SSSR count). The Balaban J connectivity index is 1.61. The molecule has 1 atom stereocenters. The summed E-state index contributed by atoms with van der Waals surface area (Å²) >= 11 is 0. The summed E-state index contributed by atoms with van der Waals surface area (Å²) in [5, 5.41) is 3.67. The SMILES string of the molecule is CCC(C)N(CC)CCCN1CCN(Cc2ccccn2)CCNCCN(Cc2ccccn2)CC1. The molecule has 7 heteroatoms. The summed E-state index contributed by atoms with van der Waals surface area (Å²) in [5.41, 5.74) is 2.31. The molecule has 0 aliphatic carbocycles. The van der Waals surface area contributed by atoms with Gasteiger partial charge in [-0.15, -0.1) is 0 Å². The van der Waals surface area contributed by atoms with Crippen LogP contribution in [0.15, 0.2) is 48.8 Å². The maximum Gasteiger partial charge on any atom is 0.0543 e. The Morgan fingerprint density at radius 3 is 1.83 bits per heavy atom. The molecule has 1 aliphatic heterocycles. The highest BCUT2D eigenvalue weighted by Gasteiger charge is 2.16. The topological polar surface area (TPSA) is 50.8 Å². The lowest BCUT2D eigenvalue weighted by Crippen LogP contribution is -2.45. The predicted octanol–water partition coefficient (Wildman–Crippen LogP) is 3.20. The van der Waals surface area contributed by atoms with Crippen LogP contribution in [0.2, 0.25) is 0 Å². The lowest BCUT2D eigenvalue weighted by Gasteiger charge is -2.32. The van der Waals surface area contributed by atoms with Gasteiger partial charge in [0.2, 0.25) is 0 Å². The molecule has 1 fully saturated rings. The van der Waals surface area contributed by atoms with Gasteiger partial charge in [-0.25, -0.2) is 0 Å². The third-order valence-electron chi connectivity index (χ3n) is 7.44. The normalized spacial score (nSPS) is 18.6. The molecule has 0 bridgehead atoms. The van der Waals surface area contributed by atoms with Gasteiger partial charge in [-0.1, -0.05) is 26.0 Å². The first-order chi connectivity index (χ1) is 17.7. The molecule has 0 amide bonds. The molecule has 0 aromatic carbocycles. The van der Waals surface area contributed by atoms with Crippen molar-refractivity contribution in [3.63, 3.8) is 0 Å². The van der Waals surface area contributed by atoms with E-state index in [0.717, 1.165) is 89.9 Å². The summed E-state index contributed by atoms with van der Waals surface area (Å²) in [5.74, 6) is 0. The van der Waals surface area contributed by atoms with Gasteiger partial charge >= 0.3 is 0 Å². The molecule has 1 N–H and O–H groups in total. The molecule has 1 unspecified atom stereocenters. The largest absolute Gasteiger partial charge is 0.314 e. The minimum atomic E-state index is 0.663. The maximum absolute atomic E-state index is 4.58. The molecule has 0 spiro atoms. The van der Waals surface area contributed by atoms with Crippen LogP contribution in [-0.4, -0.2) is 108 Å². The van der Waals surface area contributed by atoms with E-state index in [0.29, 0.717) is 6.04 Å². The van der Waals surface area contributed by atoms with Gasteiger partial charge in [0, 0.05) is 83.9 Å². The van der Waals surface area contributed by atoms with Crippen molar-refractivity contribution in [2.45, 2.75) is 52.7 Å². The smallest absolute Gasteiger partial charge is 0.0543 e. The van der Waals surface area contributed by atoms with E-state index in [4.69, 9.17) is 0 Å². The lowest BCUT2D eigenvalue weighted by atomic mass is 10.2. The van der Waals surface area contributed by atoms with Crippen LogP contribution in [0, 0.1) is 0 Å². The van der Waals surface area contributed by atoms with E-state index in [1.807, 2.05) is 24.5 Å². The van der Waals surface area contributed by atoms with Crippen molar-refractivity contribution in [2.75, 3.05) is 72.0 Å². The van der Waals surface area contributed by atoms with Crippen molar-refractivity contribution in [3.8, 4) is 0 Å². The first kappa shape index (κ1) is 28.7. The number of nitrogens with one attached hydrogen (secondary N) is 1. The second kappa shape index (κ2) is 16.8. The molecule has 3 heterocycles. The lowest BCUT2D eigenvalue weighted by molar-refractivity contribution is 0.149. The highest BCUT2D eigenvalue weighted by molar-refractivity contribution is 5.04. The fourth-order valence-electron chi connectivity index (χ4n) is 4.93. The Kier molecular flexibility index (Phi) is 13.4. The van der Waals surface area contributed by atoms with Gasteiger partial charge in [-0.05, 0) is 63.7 Å². The van der Waals surface area contributed by atoms with Crippen LogP contribution < -0.4 is 5.32 Å². The summed E-state index contributed by atoms with van der Waals surface area (Å²) in [6, 6.07) is 13.1. The molecule has 7 nitrogen and oxygen atoms in total. The number of nitrogens with zero attached hydrogens (tertiary/aromatic N) is 6. The third-order valence-corrected chi connectivity index (χ3v) is 7.44. The Morgan fingerprint density at radius 1 is 0.806 bits per heavy atom. The zero-order valence-electron chi connectivity index (χ0n) is 23.0. The quantitative estimate of drug-likeness (QED) is 0.514. The number of aromatic nitrogens is 2. The van der Waals surface area contributed by atoms with E-state index in [9.17, 15) is 0 Å². The highest BCUT2D eigenvalue weighted by Crippen LogP contribution is 2.08. The van der Waals surface area contributed by atoms with Crippen LogP contribution in [-0.2, 0) is 13.1 Å². The fraction of sp³-hybridized carbons (Fsp3) is 0.655. The summed E-state index contributed by atoms with van der Waals surface area (Å²) in [6.45, 7) is 20.7. The van der Waals surface area contributed by atoms with E-state index in [1.165, 1.54) is 19.4 Å². The Labute approximate surface area is 219 Å². The van der Waals surface area contributed by atoms with E-state index in [2.05, 4.69) is 79.9 Å². The van der Waals surface area contributed by atoms with E-state index < -0.39 is 0 Å². The van der Waals surface area contributed by atoms with Crippen molar-refractivity contribution in [1.82, 2.24) is 34.9 Å². The fourth-order valence-corrected chi connectivity index (χ4v) is 4.93. The summed E-state index contributed by atoms with van der Waals surface area (Å²) in [4.78, 5) is 19.6. The molecular weight excluding hydrogens is 446 g/mol. The molecule has 36 heavy (non-hydrogen) atoms. The number of hydrogen-bond donors (Lipinski definition) is 1. The number of pyridine rings is 2. The van der Waals surface area contributed by atoms with E-state index in [-0.39, 0.29) is 0 Å². The van der Waals surface area contributed by atoms with Crippen molar-refractivity contribution in [1.29, 1.82) is 0 Å². The van der Waals surface area contributed by atoms with Crippen molar-refractivity contribution >= 4 is 0 Å². The Hall–Kier alpha value is -1.90. The molecule has 200 valence electrons. The van der Waals surface area contributed by atoms with Gasteiger partial charge in [0.05, 0.1) is 11.4 Å². The molecule has 2 aromatic rings. The van der Waals surface area contributed by atoms with Crippen LogP contribution in [0.5, 0.6) is 0 Å². The third kappa shape index (κ3) is 10.6. The number of hydrogen-bond acceptors (Lipinski definition) is 7. The average Bonchev–Trinajstić information content (AvgIpc) is 2.91. The monoisotopic (exact) mass is 495 g/mol. The average molecular weight is 496 g/mol. The Bertz CT molecular complexity index is 748. The second-order valence-electron chi connectivity index (χ2n) is 10.0. The van der Waals surface area contributed by atoms with Crippen molar-refractivity contribution in [2.24, 2.45) is 0 Å². The van der Waals surface area contributed by atoms with E-state index >= 15 is 0 Å². The molecule has 1 aliphatic rings.